The number of benzene rings is 1. The number of fused-ring (bicyclic) bond motifs is 2. The minimum atomic E-state index is -4.20. The number of ether oxygens (including phenoxy) is 2. The third-order valence-electron chi connectivity index (χ3n) is 8.29. The molecule has 39 heavy (non-hydrogen) atoms. The van der Waals surface area contributed by atoms with Crippen molar-refractivity contribution in [2.45, 2.75) is 90.3 Å². The molecule has 0 radical (unpaired) electrons. The summed E-state index contributed by atoms with van der Waals surface area (Å²) < 4.78 is 49.9. The van der Waals surface area contributed by atoms with Crippen molar-refractivity contribution < 1.29 is 22.6 Å². The predicted molar refractivity (Wildman–Crippen MR) is 143 cm³/mol. The van der Waals surface area contributed by atoms with E-state index in [9.17, 15) is 13.2 Å². The number of aromatic nitrogens is 4. The van der Waals surface area contributed by atoms with Crippen LogP contribution >= 0.6 is 0 Å². The molecule has 214 valence electrons. The Morgan fingerprint density at radius 2 is 1.95 bits per heavy atom. The van der Waals surface area contributed by atoms with E-state index in [0.717, 1.165) is 51.9 Å². The maximum absolute atomic E-state index is 12.8. The van der Waals surface area contributed by atoms with Crippen LogP contribution in [0.4, 0.5) is 24.8 Å². The molecule has 1 saturated heterocycles. The zero-order chi connectivity index (χ0) is 27.6. The third kappa shape index (κ3) is 6.57. The molecule has 1 atom stereocenters. The molecule has 1 fully saturated rings. The van der Waals surface area contributed by atoms with E-state index in [-0.39, 0.29) is 6.04 Å². The fraction of sp³-hybridized carbons (Fsp3) is 0.679. The lowest BCUT2D eigenvalue weighted by molar-refractivity contribution is -0.125. The van der Waals surface area contributed by atoms with E-state index in [0.29, 0.717) is 43.7 Å². The number of allylic oxidation sites excluding steroid dienone is 1. The minimum Gasteiger partial charge on any atom is -0.381 e. The van der Waals surface area contributed by atoms with Gasteiger partial charge in [0, 0.05) is 44.1 Å². The van der Waals surface area contributed by atoms with Crippen molar-refractivity contribution in [2.24, 2.45) is 7.05 Å². The highest BCUT2D eigenvalue weighted by atomic mass is 19.4. The highest BCUT2D eigenvalue weighted by Crippen LogP contribution is 2.39. The number of halogens is 3. The molecule has 3 aliphatic heterocycles. The summed E-state index contributed by atoms with van der Waals surface area (Å²) in [6, 6.07) is 2.87. The molecule has 3 aliphatic rings. The highest BCUT2D eigenvalue weighted by Gasteiger charge is 2.33. The maximum atomic E-state index is 12.8. The van der Waals surface area contributed by atoms with Crippen LogP contribution in [0, 0.1) is 6.92 Å². The van der Waals surface area contributed by atoms with Crippen LogP contribution < -0.4 is 9.80 Å². The molecule has 0 N–H and O–H groups in total. The van der Waals surface area contributed by atoms with E-state index in [1.807, 2.05) is 0 Å². The molecule has 11 heteroatoms. The van der Waals surface area contributed by atoms with Crippen molar-refractivity contribution in [1.29, 1.82) is 0 Å². The summed E-state index contributed by atoms with van der Waals surface area (Å²) in [5.41, 5.74) is 7.20. The van der Waals surface area contributed by atoms with Gasteiger partial charge in [0.1, 0.15) is 0 Å². The van der Waals surface area contributed by atoms with Gasteiger partial charge in [0.05, 0.1) is 26.7 Å². The normalized spacial score (nSPS) is 20.9. The number of aryl methyl sites for hydroxylation is 1. The number of hydrogen-bond acceptors (Lipinski definition) is 7. The Morgan fingerprint density at radius 1 is 1.15 bits per heavy atom. The van der Waals surface area contributed by atoms with E-state index >= 15 is 0 Å². The van der Waals surface area contributed by atoms with E-state index in [1.165, 1.54) is 38.8 Å². The van der Waals surface area contributed by atoms with E-state index in [4.69, 9.17) is 9.47 Å². The Balaban J connectivity index is 1.46. The molecular formula is C28H39F3N6O2. The Bertz CT molecular complexity index is 1170. The summed E-state index contributed by atoms with van der Waals surface area (Å²) in [5, 5.41) is 12.9. The SMILES string of the molecule is C/C(=C\CC(F)(F)F)CCN(c1nnn(C)n1)C1CCCN(C2CCOCC2)c2c(cc3c(c2C)COC3)C1. The van der Waals surface area contributed by atoms with Crippen LogP contribution in [0.2, 0.25) is 0 Å². The average Bonchev–Trinajstić information content (AvgIpc) is 3.54. The number of tetrazole rings is 1. The van der Waals surface area contributed by atoms with Crippen LogP contribution in [0.15, 0.2) is 17.7 Å². The third-order valence-corrected chi connectivity index (χ3v) is 8.29. The number of anilines is 2. The smallest absolute Gasteiger partial charge is 0.381 e. The van der Waals surface area contributed by atoms with Gasteiger partial charge in [-0.15, -0.1) is 5.10 Å². The van der Waals surface area contributed by atoms with Crippen molar-refractivity contribution in [3.8, 4) is 0 Å². The second-order valence-electron chi connectivity index (χ2n) is 11.1. The van der Waals surface area contributed by atoms with Crippen molar-refractivity contribution >= 4 is 11.6 Å². The summed E-state index contributed by atoms with van der Waals surface area (Å²) >= 11 is 0. The molecule has 4 heterocycles. The Hall–Kier alpha value is -2.66. The van der Waals surface area contributed by atoms with Crippen LogP contribution in [0.3, 0.4) is 0 Å². The number of rotatable bonds is 7. The van der Waals surface area contributed by atoms with Crippen LogP contribution in [0.1, 0.15) is 67.7 Å². The van der Waals surface area contributed by atoms with Crippen molar-refractivity contribution in [1.82, 2.24) is 20.2 Å². The van der Waals surface area contributed by atoms with E-state index in [1.54, 1.807) is 14.0 Å². The lowest BCUT2D eigenvalue weighted by Crippen LogP contribution is -2.45. The molecular weight excluding hydrogens is 509 g/mol. The second-order valence-corrected chi connectivity index (χ2v) is 11.1. The molecule has 1 aromatic carbocycles. The van der Waals surface area contributed by atoms with Gasteiger partial charge in [-0.25, -0.2) is 0 Å². The topological polar surface area (TPSA) is 68.5 Å². The zero-order valence-electron chi connectivity index (χ0n) is 23.1. The van der Waals surface area contributed by atoms with Gasteiger partial charge in [-0.1, -0.05) is 22.8 Å². The van der Waals surface area contributed by atoms with Gasteiger partial charge in [-0.05, 0) is 79.8 Å². The minimum absolute atomic E-state index is 0.0972. The molecule has 5 rings (SSSR count). The van der Waals surface area contributed by atoms with Gasteiger partial charge >= 0.3 is 6.18 Å². The molecule has 1 aromatic heterocycles. The number of hydrogen-bond donors (Lipinski definition) is 0. The zero-order valence-corrected chi connectivity index (χ0v) is 23.1. The van der Waals surface area contributed by atoms with Crippen molar-refractivity contribution in [2.75, 3.05) is 36.1 Å². The monoisotopic (exact) mass is 548 g/mol. The van der Waals surface area contributed by atoms with Gasteiger partial charge in [0.2, 0.25) is 0 Å². The van der Waals surface area contributed by atoms with Crippen LogP contribution in [-0.4, -0.2) is 64.8 Å². The molecule has 8 nitrogen and oxygen atoms in total. The fourth-order valence-corrected chi connectivity index (χ4v) is 6.26. The highest BCUT2D eigenvalue weighted by molar-refractivity contribution is 5.65. The second kappa shape index (κ2) is 11.8. The predicted octanol–water partition coefficient (Wildman–Crippen LogP) is 5.03. The first-order chi connectivity index (χ1) is 18.7. The quantitative estimate of drug-likeness (QED) is 0.450. The van der Waals surface area contributed by atoms with Gasteiger partial charge in [-0.3, -0.25) is 0 Å². The first kappa shape index (κ1) is 27.9. The van der Waals surface area contributed by atoms with Gasteiger partial charge in [-0.2, -0.15) is 18.0 Å². The molecule has 0 aliphatic carbocycles. The summed E-state index contributed by atoms with van der Waals surface area (Å²) in [6.07, 6.45) is 1.44. The summed E-state index contributed by atoms with van der Waals surface area (Å²) in [7, 11) is 1.73. The number of alkyl halides is 3. The summed E-state index contributed by atoms with van der Waals surface area (Å²) in [4.78, 5) is 6.22. The van der Waals surface area contributed by atoms with Crippen LogP contribution in [0.5, 0.6) is 0 Å². The lowest BCUT2D eigenvalue weighted by Gasteiger charge is -2.42. The van der Waals surface area contributed by atoms with E-state index in [2.05, 4.69) is 38.2 Å². The first-order valence-corrected chi connectivity index (χ1v) is 14.0. The Kier molecular flexibility index (Phi) is 8.46. The van der Waals surface area contributed by atoms with Crippen molar-refractivity contribution in [3.63, 3.8) is 0 Å². The van der Waals surface area contributed by atoms with E-state index < -0.39 is 12.6 Å². The van der Waals surface area contributed by atoms with Crippen molar-refractivity contribution in [3.05, 3.63) is 40.0 Å². The maximum Gasteiger partial charge on any atom is 0.392 e. The lowest BCUT2D eigenvalue weighted by atomic mass is 9.88. The van der Waals surface area contributed by atoms with Gasteiger partial charge in [0.15, 0.2) is 0 Å². The molecule has 2 aromatic rings. The standard InChI is InChI=1S/C28H39F3N6O2/c1-19(6-10-28(29,30)31)7-12-37(27-32-34-35(3)33-27)24-5-4-11-36(23-8-13-38-14-9-23)26-20(2)25-18-39-17-22(25)15-21(26)16-24/h6,15,23-24H,4-5,7-14,16-18H2,1-3H3/b19-6+. The Labute approximate surface area is 228 Å². The molecule has 1 unspecified atom stereocenters. The molecule has 0 saturated carbocycles. The molecule has 0 spiro atoms. The largest absolute Gasteiger partial charge is 0.392 e. The molecule has 0 amide bonds. The van der Waals surface area contributed by atoms with Gasteiger partial charge in [0.25, 0.3) is 5.95 Å². The first-order valence-electron chi connectivity index (χ1n) is 14.0. The van der Waals surface area contributed by atoms with Gasteiger partial charge < -0.3 is 19.3 Å². The average molecular weight is 549 g/mol. The fourth-order valence-electron chi connectivity index (χ4n) is 6.26. The van der Waals surface area contributed by atoms with Crippen LogP contribution in [-0.2, 0) is 36.2 Å². The molecule has 0 bridgehead atoms. The summed E-state index contributed by atoms with van der Waals surface area (Å²) in [5.74, 6) is 0.524. The van der Waals surface area contributed by atoms with Crippen LogP contribution in [0.25, 0.3) is 0 Å². The number of nitrogens with zero attached hydrogens (tertiary/aromatic N) is 6. The summed E-state index contributed by atoms with van der Waals surface area (Å²) in [6.45, 7) is 8.33. The Morgan fingerprint density at radius 3 is 2.67 bits per heavy atom.